The van der Waals surface area contributed by atoms with Crippen molar-refractivity contribution in [2.75, 3.05) is 12.5 Å². The molecule has 3 N–H and O–H groups in total. The summed E-state index contributed by atoms with van der Waals surface area (Å²) in [6, 6.07) is 13.7. The summed E-state index contributed by atoms with van der Waals surface area (Å²) in [5, 5.41) is 4.76. The highest BCUT2D eigenvalue weighted by molar-refractivity contribution is 5.86. The first kappa shape index (κ1) is 10.3. The second-order valence-corrected chi connectivity index (χ2v) is 3.39. The molecule has 0 unspecified atom stereocenters. The molecule has 0 aliphatic rings. The molecule has 2 amide bonds. The smallest absolute Gasteiger partial charge is 0.333 e. The first-order valence-corrected chi connectivity index (χ1v) is 5.02. The van der Waals surface area contributed by atoms with Crippen LogP contribution in [0.25, 0.3) is 10.8 Å². The molecule has 0 radical (unpaired) electrons. The van der Waals surface area contributed by atoms with Crippen LogP contribution in [0.3, 0.4) is 0 Å². The van der Waals surface area contributed by atoms with Gasteiger partial charge in [-0.3, -0.25) is 10.9 Å². The van der Waals surface area contributed by atoms with Crippen LogP contribution in [0.5, 0.6) is 0 Å². The minimum Gasteiger partial charge on any atom is -0.340 e. The van der Waals surface area contributed by atoms with Gasteiger partial charge in [0, 0.05) is 7.05 Å². The molecule has 0 atom stereocenters. The molecule has 2 aromatic rings. The van der Waals surface area contributed by atoms with Crippen molar-refractivity contribution in [1.29, 1.82) is 0 Å². The summed E-state index contributed by atoms with van der Waals surface area (Å²) < 4.78 is 0. The molecular formula is C12H13N3O. The van der Waals surface area contributed by atoms with E-state index in [-0.39, 0.29) is 6.03 Å². The van der Waals surface area contributed by atoms with Gasteiger partial charge in [0.2, 0.25) is 0 Å². The van der Waals surface area contributed by atoms with Gasteiger partial charge in [-0.15, -0.1) is 0 Å². The van der Waals surface area contributed by atoms with Gasteiger partial charge in [0.05, 0.1) is 5.69 Å². The molecule has 4 heteroatoms. The minimum absolute atomic E-state index is 0.270. The van der Waals surface area contributed by atoms with Gasteiger partial charge < -0.3 is 5.32 Å². The Labute approximate surface area is 93.6 Å². The average molecular weight is 215 g/mol. The number of hydrogen-bond donors (Lipinski definition) is 3. The van der Waals surface area contributed by atoms with Crippen LogP contribution in [-0.4, -0.2) is 13.1 Å². The predicted octanol–water partition coefficient (Wildman–Crippen LogP) is 2.10. The van der Waals surface area contributed by atoms with Crippen LogP contribution in [0.4, 0.5) is 10.5 Å². The predicted molar refractivity (Wildman–Crippen MR) is 65.2 cm³/mol. The monoisotopic (exact) mass is 215 g/mol. The molecule has 0 bridgehead atoms. The van der Waals surface area contributed by atoms with Gasteiger partial charge >= 0.3 is 6.03 Å². The number of carbonyl (C=O) groups is 1. The van der Waals surface area contributed by atoms with Crippen LogP contribution >= 0.6 is 0 Å². The lowest BCUT2D eigenvalue weighted by atomic mass is 10.1. The quantitative estimate of drug-likeness (QED) is 0.672. The zero-order valence-electron chi connectivity index (χ0n) is 8.95. The largest absolute Gasteiger partial charge is 0.340 e. The van der Waals surface area contributed by atoms with Gasteiger partial charge in [-0.2, -0.15) is 0 Å². The third-order valence-corrected chi connectivity index (χ3v) is 2.30. The maximum absolute atomic E-state index is 11.0. The number of nitrogens with one attached hydrogen (secondary N) is 3. The first-order valence-electron chi connectivity index (χ1n) is 5.02. The van der Waals surface area contributed by atoms with Gasteiger partial charge in [-0.25, -0.2) is 4.79 Å². The molecule has 2 aromatic carbocycles. The molecule has 4 nitrogen and oxygen atoms in total. The first-order chi connectivity index (χ1) is 7.79. The van der Waals surface area contributed by atoms with Crippen molar-refractivity contribution in [3.05, 3.63) is 42.5 Å². The summed E-state index contributed by atoms with van der Waals surface area (Å²) in [6.07, 6.45) is 0. The summed E-state index contributed by atoms with van der Waals surface area (Å²) in [7, 11) is 1.57. The molecule has 0 aliphatic heterocycles. The zero-order valence-corrected chi connectivity index (χ0v) is 8.95. The van der Waals surface area contributed by atoms with Crippen LogP contribution in [0.1, 0.15) is 0 Å². The molecule has 0 saturated heterocycles. The Morgan fingerprint density at radius 1 is 1.06 bits per heavy atom. The molecule has 0 aliphatic carbocycles. The fourth-order valence-electron chi connectivity index (χ4n) is 1.46. The molecular weight excluding hydrogens is 202 g/mol. The normalized spacial score (nSPS) is 9.81. The van der Waals surface area contributed by atoms with Gasteiger partial charge in [0.15, 0.2) is 0 Å². The van der Waals surface area contributed by atoms with Crippen molar-refractivity contribution in [3.8, 4) is 0 Å². The summed E-state index contributed by atoms with van der Waals surface area (Å²) in [5.74, 6) is 0. The lowest BCUT2D eigenvalue weighted by Crippen LogP contribution is -2.36. The van der Waals surface area contributed by atoms with Crippen LogP contribution < -0.4 is 16.2 Å². The lowest BCUT2D eigenvalue weighted by molar-refractivity contribution is 0.245. The van der Waals surface area contributed by atoms with E-state index in [0.717, 1.165) is 11.1 Å². The summed E-state index contributed by atoms with van der Waals surface area (Å²) in [5.41, 5.74) is 6.19. The second kappa shape index (κ2) is 4.53. The van der Waals surface area contributed by atoms with Crippen molar-refractivity contribution in [2.24, 2.45) is 0 Å². The third-order valence-electron chi connectivity index (χ3n) is 2.30. The molecule has 0 saturated carbocycles. The SMILES string of the molecule is CNC(=O)NNc1ccc2ccccc2c1. The summed E-state index contributed by atoms with van der Waals surface area (Å²) in [6.45, 7) is 0. The molecule has 82 valence electrons. The highest BCUT2D eigenvalue weighted by atomic mass is 16.2. The van der Waals surface area contributed by atoms with Crippen molar-refractivity contribution < 1.29 is 4.79 Å². The summed E-state index contributed by atoms with van der Waals surface area (Å²) in [4.78, 5) is 11.0. The van der Waals surface area contributed by atoms with E-state index in [9.17, 15) is 4.79 Å². The zero-order chi connectivity index (χ0) is 11.4. The standard InChI is InChI=1S/C12H13N3O/c1-13-12(16)15-14-11-7-6-9-4-2-3-5-10(9)8-11/h2-8,14H,1H3,(H2,13,15,16). The van der Waals surface area contributed by atoms with Crippen molar-refractivity contribution in [1.82, 2.24) is 10.7 Å². The minimum atomic E-state index is -0.270. The van der Waals surface area contributed by atoms with E-state index in [2.05, 4.69) is 16.2 Å². The Balaban J connectivity index is 2.16. The lowest BCUT2D eigenvalue weighted by Gasteiger charge is -2.08. The van der Waals surface area contributed by atoms with E-state index in [0.29, 0.717) is 0 Å². The van der Waals surface area contributed by atoms with E-state index in [1.165, 1.54) is 5.39 Å². The van der Waals surface area contributed by atoms with Gasteiger partial charge in [-0.1, -0.05) is 30.3 Å². The molecule has 0 spiro atoms. The van der Waals surface area contributed by atoms with Gasteiger partial charge in [0.1, 0.15) is 0 Å². The molecule has 0 heterocycles. The molecule has 16 heavy (non-hydrogen) atoms. The topological polar surface area (TPSA) is 53.2 Å². The average Bonchev–Trinajstić information content (AvgIpc) is 2.35. The Morgan fingerprint density at radius 2 is 1.81 bits per heavy atom. The number of benzene rings is 2. The van der Waals surface area contributed by atoms with Crippen LogP contribution in [0.2, 0.25) is 0 Å². The van der Waals surface area contributed by atoms with E-state index >= 15 is 0 Å². The van der Waals surface area contributed by atoms with Crippen LogP contribution in [0.15, 0.2) is 42.5 Å². The maximum Gasteiger partial charge on any atom is 0.333 e. The fraction of sp³-hybridized carbons (Fsp3) is 0.0833. The Morgan fingerprint density at radius 3 is 2.56 bits per heavy atom. The Bertz CT molecular complexity index is 510. The molecule has 0 fully saturated rings. The van der Waals surface area contributed by atoms with E-state index in [4.69, 9.17) is 0 Å². The van der Waals surface area contributed by atoms with E-state index in [1.807, 2.05) is 42.5 Å². The van der Waals surface area contributed by atoms with E-state index in [1.54, 1.807) is 7.05 Å². The Hall–Kier alpha value is -2.23. The fourth-order valence-corrected chi connectivity index (χ4v) is 1.46. The number of anilines is 1. The maximum atomic E-state index is 11.0. The summed E-state index contributed by atoms with van der Waals surface area (Å²) >= 11 is 0. The highest BCUT2D eigenvalue weighted by Crippen LogP contribution is 2.17. The highest BCUT2D eigenvalue weighted by Gasteiger charge is 1.97. The number of urea groups is 1. The number of amides is 2. The van der Waals surface area contributed by atoms with E-state index < -0.39 is 0 Å². The van der Waals surface area contributed by atoms with Crippen molar-refractivity contribution in [3.63, 3.8) is 0 Å². The van der Waals surface area contributed by atoms with Crippen molar-refractivity contribution in [2.45, 2.75) is 0 Å². The third kappa shape index (κ3) is 2.23. The van der Waals surface area contributed by atoms with Gasteiger partial charge in [-0.05, 0) is 22.9 Å². The van der Waals surface area contributed by atoms with Crippen LogP contribution in [-0.2, 0) is 0 Å². The van der Waals surface area contributed by atoms with Gasteiger partial charge in [0.25, 0.3) is 0 Å². The van der Waals surface area contributed by atoms with Crippen molar-refractivity contribution >= 4 is 22.5 Å². The Kier molecular flexibility index (Phi) is 2.91. The number of carbonyl (C=O) groups excluding carboxylic acids is 1. The second-order valence-electron chi connectivity index (χ2n) is 3.39. The number of hydrogen-bond acceptors (Lipinski definition) is 2. The molecule has 2 rings (SSSR count). The number of fused-ring (bicyclic) bond motifs is 1. The van der Waals surface area contributed by atoms with Crippen LogP contribution in [0, 0.1) is 0 Å². The molecule has 0 aromatic heterocycles. The number of rotatable bonds is 2. The number of hydrazine groups is 1.